The van der Waals surface area contributed by atoms with Gasteiger partial charge in [0.25, 0.3) is 5.56 Å². The van der Waals surface area contributed by atoms with Crippen LogP contribution in [-0.4, -0.2) is 84.5 Å². The van der Waals surface area contributed by atoms with Crippen molar-refractivity contribution in [3.63, 3.8) is 0 Å². The average Bonchev–Trinajstić information content (AvgIpc) is 3.31. The molecule has 1 aromatic carbocycles. The van der Waals surface area contributed by atoms with Crippen LogP contribution < -0.4 is 20.7 Å². The molecule has 13 heteroatoms. The second-order valence-corrected chi connectivity index (χ2v) is 11.2. The smallest absolute Gasteiger partial charge is 0.325 e. The molecule has 0 aliphatic carbocycles. The third kappa shape index (κ3) is 4.77. The van der Waals surface area contributed by atoms with Crippen LogP contribution in [0.2, 0.25) is 0 Å². The summed E-state index contributed by atoms with van der Waals surface area (Å²) < 4.78 is 38.1. The molecule has 2 saturated heterocycles. The molecule has 1 amide bonds. The molecule has 0 spiro atoms. The summed E-state index contributed by atoms with van der Waals surface area (Å²) in [5.74, 6) is 1.31. The first-order valence-electron chi connectivity index (χ1n) is 12.0. The Balaban J connectivity index is 1.14. The molecule has 5 rings (SSSR count). The van der Waals surface area contributed by atoms with Gasteiger partial charge in [-0.25, -0.2) is 13.2 Å². The van der Waals surface area contributed by atoms with Gasteiger partial charge < -0.3 is 19.4 Å². The number of rotatable bonds is 5. The SMILES string of the molecule is Cc1[nH]c(=O)[nH]c(=O)c1S(=O)(=O)N1CCC(C(=O)N2CCN(Cc3ccc4c(c3)OCO4)CC2)CC1. The number of nitrogens with one attached hydrogen (secondary N) is 2. The summed E-state index contributed by atoms with van der Waals surface area (Å²) in [5.41, 5.74) is -0.561. The third-order valence-electron chi connectivity index (χ3n) is 7.00. The fourth-order valence-electron chi connectivity index (χ4n) is 5.05. The van der Waals surface area contributed by atoms with Gasteiger partial charge >= 0.3 is 5.69 Å². The first kappa shape index (κ1) is 24.5. The van der Waals surface area contributed by atoms with Gasteiger partial charge in [0.2, 0.25) is 22.7 Å². The van der Waals surface area contributed by atoms with E-state index < -0.39 is 26.2 Å². The highest BCUT2D eigenvalue weighted by molar-refractivity contribution is 7.89. The standard InChI is InChI=1S/C23H29N5O7S/c1-15-20(21(29)25-23(31)24-15)36(32,33)28-6-4-17(5-7-28)22(30)27-10-8-26(9-11-27)13-16-2-3-18-19(12-16)35-14-34-18/h2-3,12,17H,4-11,13-14H2,1H3,(H2,24,25,29,31). The van der Waals surface area contributed by atoms with Crippen LogP contribution in [0.3, 0.4) is 0 Å². The molecule has 36 heavy (non-hydrogen) atoms. The van der Waals surface area contributed by atoms with Crippen molar-refractivity contribution in [1.82, 2.24) is 24.1 Å². The Morgan fingerprint density at radius 1 is 1.00 bits per heavy atom. The number of hydrogen-bond acceptors (Lipinski definition) is 8. The number of nitrogens with zero attached hydrogens (tertiary/aromatic N) is 3. The lowest BCUT2D eigenvalue weighted by Gasteiger charge is -2.38. The fraction of sp³-hybridized carbons (Fsp3) is 0.522. The van der Waals surface area contributed by atoms with E-state index in [0.29, 0.717) is 25.9 Å². The molecule has 194 valence electrons. The molecular formula is C23H29N5O7S. The maximum atomic E-state index is 13.1. The van der Waals surface area contributed by atoms with Gasteiger partial charge in [-0.3, -0.25) is 19.5 Å². The van der Waals surface area contributed by atoms with E-state index >= 15 is 0 Å². The van der Waals surface area contributed by atoms with Crippen LogP contribution in [0.4, 0.5) is 0 Å². The van der Waals surface area contributed by atoms with Gasteiger partial charge in [-0.05, 0) is 37.5 Å². The van der Waals surface area contributed by atoms with Crippen LogP contribution in [0.1, 0.15) is 24.1 Å². The van der Waals surface area contributed by atoms with E-state index in [1.807, 2.05) is 28.1 Å². The van der Waals surface area contributed by atoms with Gasteiger partial charge in [0, 0.05) is 57.4 Å². The summed E-state index contributed by atoms with van der Waals surface area (Å²) >= 11 is 0. The maximum absolute atomic E-state index is 13.1. The van der Waals surface area contributed by atoms with E-state index in [9.17, 15) is 22.8 Å². The second kappa shape index (κ2) is 9.71. The molecule has 2 fully saturated rings. The number of piperidine rings is 1. The van der Waals surface area contributed by atoms with Crippen molar-refractivity contribution in [1.29, 1.82) is 0 Å². The zero-order valence-electron chi connectivity index (χ0n) is 20.0. The number of piperazine rings is 1. The zero-order chi connectivity index (χ0) is 25.4. The number of hydrogen-bond donors (Lipinski definition) is 2. The molecule has 1 aromatic heterocycles. The van der Waals surface area contributed by atoms with Crippen molar-refractivity contribution < 1.29 is 22.7 Å². The Hall–Kier alpha value is -3.16. The van der Waals surface area contributed by atoms with Crippen LogP contribution in [0.25, 0.3) is 0 Å². The van der Waals surface area contributed by atoms with E-state index in [1.165, 1.54) is 11.2 Å². The number of H-pyrrole nitrogens is 2. The van der Waals surface area contributed by atoms with Gasteiger partial charge in [0.15, 0.2) is 16.4 Å². The van der Waals surface area contributed by atoms with E-state index in [1.54, 1.807) is 0 Å². The van der Waals surface area contributed by atoms with Crippen molar-refractivity contribution in [3.8, 4) is 11.5 Å². The lowest BCUT2D eigenvalue weighted by Crippen LogP contribution is -2.51. The average molecular weight is 520 g/mol. The zero-order valence-corrected chi connectivity index (χ0v) is 20.8. The lowest BCUT2D eigenvalue weighted by atomic mass is 9.96. The van der Waals surface area contributed by atoms with E-state index in [4.69, 9.17) is 9.47 Å². The minimum absolute atomic E-state index is 0.000527. The number of carbonyl (C=O) groups excluding carboxylic acids is 1. The van der Waals surface area contributed by atoms with Crippen molar-refractivity contribution in [3.05, 3.63) is 50.3 Å². The summed E-state index contributed by atoms with van der Waals surface area (Å²) in [4.78, 5) is 44.7. The number of aromatic nitrogens is 2. The largest absolute Gasteiger partial charge is 0.454 e. The fourth-order valence-corrected chi connectivity index (χ4v) is 6.73. The van der Waals surface area contributed by atoms with E-state index in [2.05, 4.69) is 9.88 Å². The quantitative estimate of drug-likeness (QED) is 0.555. The summed E-state index contributed by atoms with van der Waals surface area (Å²) in [6.45, 7) is 5.41. The van der Waals surface area contributed by atoms with Crippen molar-refractivity contribution in [2.75, 3.05) is 46.1 Å². The number of ether oxygens (including phenoxy) is 2. The Morgan fingerprint density at radius 3 is 2.39 bits per heavy atom. The van der Waals surface area contributed by atoms with Crippen molar-refractivity contribution >= 4 is 15.9 Å². The third-order valence-corrected chi connectivity index (χ3v) is 9.06. The van der Waals surface area contributed by atoms with Gasteiger partial charge in [-0.1, -0.05) is 6.07 Å². The highest BCUT2D eigenvalue weighted by Gasteiger charge is 2.36. The maximum Gasteiger partial charge on any atom is 0.325 e. The Morgan fingerprint density at radius 2 is 1.69 bits per heavy atom. The number of benzene rings is 1. The van der Waals surface area contributed by atoms with Gasteiger partial charge in [-0.15, -0.1) is 0 Å². The number of aromatic amines is 2. The summed E-state index contributed by atoms with van der Waals surface area (Å²) in [7, 11) is -4.08. The highest BCUT2D eigenvalue weighted by atomic mass is 32.2. The molecule has 3 aliphatic rings. The number of aryl methyl sites for hydroxylation is 1. The van der Waals surface area contributed by atoms with Crippen LogP contribution in [-0.2, 0) is 21.4 Å². The minimum atomic E-state index is -4.08. The normalized spacial score (nSPS) is 19.5. The molecule has 0 unspecified atom stereocenters. The summed E-state index contributed by atoms with van der Waals surface area (Å²) in [6.07, 6.45) is 0.769. The molecule has 12 nitrogen and oxygen atoms in total. The molecular weight excluding hydrogens is 490 g/mol. The molecule has 0 atom stereocenters. The van der Waals surface area contributed by atoms with Gasteiger partial charge in [0.1, 0.15) is 0 Å². The van der Waals surface area contributed by atoms with Crippen LogP contribution in [0.5, 0.6) is 11.5 Å². The number of sulfonamides is 1. The predicted octanol–water partition coefficient (Wildman–Crippen LogP) is -0.155. The molecule has 0 radical (unpaired) electrons. The number of fused-ring (bicyclic) bond motifs is 1. The van der Waals surface area contributed by atoms with Crippen molar-refractivity contribution in [2.24, 2.45) is 5.92 Å². The van der Waals surface area contributed by atoms with Crippen LogP contribution in [0.15, 0.2) is 32.7 Å². The van der Waals surface area contributed by atoms with Crippen molar-refractivity contribution in [2.45, 2.75) is 31.2 Å². The molecule has 2 aromatic rings. The highest BCUT2D eigenvalue weighted by Crippen LogP contribution is 2.33. The minimum Gasteiger partial charge on any atom is -0.454 e. The van der Waals surface area contributed by atoms with Crippen LogP contribution in [0, 0.1) is 12.8 Å². The Labute approximate surface area is 207 Å². The summed E-state index contributed by atoms with van der Waals surface area (Å²) in [6, 6.07) is 5.93. The first-order valence-corrected chi connectivity index (χ1v) is 13.4. The Bertz CT molecular complexity index is 1370. The number of amides is 1. The molecule has 4 heterocycles. The van der Waals surface area contributed by atoms with E-state index in [-0.39, 0.29) is 37.4 Å². The lowest BCUT2D eigenvalue weighted by molar-refractivity contribution is -0.138. The molecule has 2 N–H and O–H groups in total. The predicted molar refractivity (Wildman–Crippen MR) is 128 cm³/mol. The van der Waals surface area contributed by atoms with Gasteiger partial charge in [-0.2, -0.15) is 4.31 Å². The molecule has 0 bridgehead atoms. The van der Waals surface area contributed by atoms with E-state index in [0.717, 1.165) is 36.7 Å². The molecule has 3 aliphatic heterocycles. The van der Waals surface area contributed by atoms with Gasteiger partial charge in [0.05, 0.1) is 0 Å². The second-order valence-electron chi connectivity index (χ2n) is 9.33. The topological polar surface area (TPSA) is 145 Å². The first-order chi connectivity index (χ1) is 17.2. The Kier molecular flexibility index (Phi) is 6.62. The summed E-state index contributed by atoms with van der Waals surface area (Å²) in [5, 5.41) is 0. The molecule has 0 saturated carbocycles. The number of carbonyl (C=O) groups is 1. The van der Waals surface area contributed by atoms with Crippen LogP contribution >= 0.6 is 0 Å². The monoisotopic (exact) mass is 519 g/mol.